The van der Waals surface area contributed by atoms with Crippen LogP contribution >= 0.6 is 0 Å². The zero-order valence-corrected chi connectivity index (χ0v) is 9.66. The molecule has 1 atom stereocenters. The number of hydrogen-bond acceptors (Lipinski definition) is 3. The van der Waals surface area contributed by atoms with Crippen LogP contribution in [0.2, 0.25) is 0 Å². The van der Waals surface area contributed by atoms with Crippen molar-refractivity contribution in [2.24, 2.45) is 0 Å². The first kappa shape index (κ1) is 12.0. The number of aldehydes is 1. The van der Waals surface area contributed by atoms with E-state index < -0.39 is 5.60 Å². The standard InChI is InChI=1S/C11H19NO3/c1-4-11(2,3)15-10(14)12-7-5-6-9(12)8-13/h8-9H,4-7H2,1-3H3. The second-order valence-electron chi connectivity index (χ2n) is 4.52. The molecule has 1 aliphatic heterocycles. The molecule has 1 aliphatic rings. The Kier molecular flexibility index (Phi) is 3.72. The van der Waals surface area contributed by atoms with E-state index in [-0.39, 0.29) is 12.1 Å². The summed E-state index contributed by atoms with van der Waals surface area (Å²) in [7, 11) is 0. The van der Waals surface area contributed by atoms with Crippen molar-refractivity contribution in [3.05, 3.63) is 0 Å². The number of rotatable bonds is 3. The van der Waals surface area contributed by atoms with E-state index in [1.54, 1.807) is 0 Å². The highest BCUT2D eigenvalue weighted by Crippen LogP contribution is 2.21. The third-order valence-electron chi connectivity index (χ3n) is 2.91. The van der Waals surface area contributed by atoms with Gasteiger partial charge in [0.2, 0.25) is 0 Å². The Balaban J connectivity index is 2.57. The minimum Gasteiger partial charge on any atom is -0.443 e. The van der Waals surface area contributed by atoms with E-state index in [0.29, 0.717) is 6.54 Å². The lowest BCUT2D eigenvalue weighted by molar-refractivity contribution is -0.111. The predicted molar refractivity (Wildman–Crippen MR) is 56.6 cm³/mol. The van der Waals surface area contributed by atoms with Crippen molar-refractivity contribution in [1.29, 1.82) is 0 Å². The molecule has 86 valence electrons. The van der Waals surface area contributed by atoms with E-state index in [9.17, 15) is 9.59 Å². The van der Waals surface area contributed by atoms with Crippen molar-refractivity contribution >= 4 is 12.4 Å². The quantitative estimate of drug-likeness (QED) is 0.673. The van der Waals surface area contributed by atoms with Crippen LogP contribution in [-0.4, -0.2) is 35.5 Å². The van der Waals surface area contributed by atoms with E-state index in [1.807, 2.05) is 20.8 Å². The molecule has 1 fully saturated rings. The average molecular weight is 213 g/mol. The van der Waals surface area contributed by atoms with E-state index in [0.717, 1.165) is 25.5 Å². The lowest BCUT2D eigenvalue weighted by Gasteiger charge is -2.28. The molecule has 0 aromatic rings. The Labute approximate surface area is 90.6 Å². The number of carbonyl (C=O) groups excluding carboxylic acids is 2. The summed E-state index contributed by atoms with van der Waals surface area (Å²) in [6.07, 6.45) is 2.86. The molecule has 15 heavy (non-hydrogen) atoms. The fourth-order valence-corrected chi connectivity index (χ4v) is 1.53. The maximum atomic E-state index is 11.7. The summed E-state index contributed by atoms with van der Waals surface area (Å²) >= 11 is 0. The zero-order valence-electron chi connectivity index (χ0n) is 9.66. The summed E-state index contributed by atoms with van der Waals surface area (Å²) in [6.45, 7) is 6.34. The summed E-state index contributed by atoms with van der Waals surface area (Å²) in [5, 5.41) is 0. The first-order chi connectivity index (χ1) is 7.00. The summed E-state index contributed by atoms with van der Waals surface area (Å²) in [4.78, 5) is 24.0. The van der Waals surface area contributed by atoms with Crippen LogP contribution in [0, 0.1) is 0 Å². The molecule has 1 rings (SSSR count). The Morgan fingerprint density at radius 2 is 2.27 bits per heavy atom. The van der Waals surface area contributed by atoms with Crippen molar-refractivity contribution in [1.82, 2.24) is 4.90 Å². The van der Waals surface area contributed by atoms with Gasteiger partial charge in [-0.3, -0.25) is 4.90 Å². The number of hydrogen-bond donors (Lipinski definition) is 0. The van der Waals surface area contributed by atoms with Gasteiger partial charge in [-0.1, -0.05) is 6.92 Å². The van der Waals surface area contributed by atoms with Gasteiger partial charge in [-0.25, -0.2) is 4.79 Å². The number of likely N-dealkylation sites (tertiary alicyclic amines) is 1. The van der Waals surface area contributed by atoms with Gasteiger partial charge in [0, 0.05) is 6.54 Å². The Hall–Kier alpha value is -1.06. The van der Waals surface area contributed by atoms with Crippen LogP contribution in [0.5, 0.6) is 0 Å². The number of amides is 1. The number of nitrogens with zero attached hydrogens (tertiary/aromatic N) is 1. The molecule has 1 saturated heterocycles. The van der Waals surface area contributed by atoms with Gasteiger partial charge in [0.1, 0.15) is 11.9 Å². The average Bonchev–Trinajstić information content (AvgIpc) is 2.64. The zero-order chi connectivity index (χ0) is 11.5. The maximum absolute atomic E-state index is 11.7. The second-order valence-corrected chi connectivity index (χ2v) is 4.52. The Morgan fingerprint density at radius 3 is 2.80 bits per heavy atom. The third kappa shape index (κ3) is 2.94. The smallest absolute Gasteiger partial charge is 0.410 e. The van der Waals surface area contributed by atoms with Crippen LogP contribution in [0.4, 0.5) is 4.79 Å². The van der Waals surface area contributed by atoms with E-state index in [4.69, 9.17) is 4.74 Å². The molecule has 0 N–H and O–H groups in total. The minimum absolute atomic E-state index is 0.287. The predicted octanol–water partition coefficient (Wildman–Crippen LogP) is 1.97. The lowest BCUT2D eigenvalue weighted by Crippen LogP contribution is -2.41. The molecule has 1 heterocycles. The lowest BCUT2D eigenvalue weighted by atomic mass is 10.1. The molecule has 4 nitrogen and oxygen atoms in total. The third-order valence-corrected chi connectivity index (χ3v) is 2.91. The molecule has 0 saturated carbocycles. The highest BCUT2D eigenvalue weighted by molar-refractivity contribution is 5.74. The molecule has 4 heteroatoms. The van der Waals surface area contributed by atoms with Crippen LogP contribution in [-0.2, 0) is 9.53 Å². The van der Waals surface area contributed by atoms with Crippen molar-refractivity contribution in [2.45, 2.75) is 51.7 Å². The van der Waals surface area contributed by atoms with E-state index in [1.165, 1.54) is 4.90 Å². The van der Waals surface area contributed by atoms with Gasteiger partial charge in [-0.15, -0.1) is 0 Å². The van der Waals surface area contributed by atoms with Crippen LogP contribution in [0.3, 0.4) is 0 Å². The molecule has 1 unspecified atom stereocenters. The van der Waals surface area contributed by atoms with Crippen molar-refractivity contribution in [3.63, 3.8) is 0 Å². The molecule has 0 spiro atoms. The van der Waals surface area contributed by atoms with E-state index in [2.05, 4.69) is 0 Å². The number of carbonyl (C=O) groups is 2. The van der Waals surface area contributed by atoms with Gasteiger partial charge in [-0.2, -0.15) is 0 Å². The molecule has 0 aromatic carbocycles. The topological polar surface area (TPSA) is 46.6 Å². The van der Waals surface area contributed by atoms with E-state index >= 15 is 0 Å². The molecular formula is C11H19NO3. The largest absolute Gasteiger partial charge is 0.443 e. The van der Waals surface area contributed by atoms with Gasteiger partial charge in [0.25, 0.3) is 0 Å². The van der Waals surface area contributed by atoms with Crippen LogP contribution < -0.4 is 0 Å². The second kappa shape index (κ2) is 4.64. The molecule has 0 bridgehead atoms. The van der Waals surface area contributed by atoms with Crippen LogP contribution in [0.25, 0.3) is 0 Å². The summed E-state index contributed by atoms with van der Waals surface area (Å²) in [5.74, 6) is 0. The van der Waals surface area contributed by atoms with Gasteiger partial charge in [0.05, 0.1) is 6.04 Å². The van der Waals surface area contributed by atoms with Crippen molar-refractivity contribution in [3.8, 4) is 0 Å². The normalized spacial score (nSPS) is 21.5. The Morgan fingerprint density at radius 1 is 1.60 bits per heavy atom. The summed E-state index contributed by atoms with van der Waals surface area (Å²) in [6, 6.07) is -0.287. The maximum Gasteiger partial charge on any atom is 0.410 e. The summed E-state index contributed by atoms with van der Waals surface area (Å²) in [5.41, 5.74) is -0.451. The highest BCUT2D eigenvalue weighted by atomic mass is 16.6. The highest BCUT2D eigenvalue weighted by Gasteiger charge is 2.32. The molecule has 0 aromatic heterocycles. The molecule has 1 amide bonds. The van der Waals surface area contributed by atoms with Crippen molar-refractivity contribution < 1.29 is 14.3 Å². The monoisotopic (exact) mass is 213 g/mol. The summed E-state index contributed by atoms with van der Waals surface area (Å²) < 4.78 is 5.33. The fourth-order valence-electron chi connectivity index (χ4n) is 1.53. The molecule has 0 aliphatic carbocycles. The molecule has 0 radical (unpaired) electrons. The van der Waals surface area contributed by atoms with Gasteiger partial charge in [0.15, 0.2) is 0 Å². The van der Waals surface area contributed by atoms with Crippen LogP contribution in [0.15, 0.2) is 0 Å². The minimum atomic E-state index is -0.451. The Bertz CT molecular complexity index is 250. The molecular weight excluding hydrogens is 194 g/mol. The first-order valence-electron chi connectivity index (χ1n) is 5.45. The van der Waals surface area contributed by atoms with Gasteiger partial charge in [-0.05, 0) is 33.1 Å². The SMILES string of the molecule is CCC(C)(C)OC(=O)N1CCCC1C=O. The van der Waals surface area contributed by atoms with Gasteiger partial charge < -0.3 is 9.53 Å². The van der Waals surface area contributed by atoms with Crippen LogP contribution in [0.1, 0.15) is 40.0 Å². The van der Waals surface area contributed by atoms with Crippen molar-refractivity contribution in [2.75, 3.05) is 6.54 Å². The number of ether oxygens (including phenoxy) is 1. The van der Waals surface area contributed by atoms with Gasteiger partial charge >= 0.3 is 6.09 Å². The first-order valence-corrected chi connectivity index (χ1v) is 5.45. The fraction of sp³-hybridized carbons (Fsp3) is 0.818.